The van der Waals surface area contributed by atoms with Gasteiger partial charge in [-0.2, -0.15) is 0 Å². The number of aromatic amines is 1. The van der Waals surface area contributed by atoms with Crippen molar-refractivity contribution in [2.75, 3.05) is 19.6 Å². The van der Waals surface area contributed by atoms with E-state index >= 15 is 0 Å². The zero-order chi connectivity index (χ0) is 21.5. The summed E-state index contributed by atoms with van der Waals surface area (Å²) in [5.74, 6) is 0.544. The fraction of sp³-hybridized carbons (Fsp3) is 0.652. The largest absolute Gasteiger partial charge is 0.343 e. The van der Waals surface area contributed by atoms with Crippen LogP contribution in [-0.4, -0.2) is 55.8 Å². The molecular formula is C23H31N5O3. The van der Waals surface area contributed by atoms with E-state index < -0.39 is 0 Å². The lowest BCUT2D eigenvalue weighted by Crippen LogP contribution is -2.38. The molecule has 8 heteroatoms. The van der Waals surface area contributed by atoms with Gasteiger partial charge < -0.3 is 9.80 Å². The molecule has 0 spiro atoms. The standard InChI is InChI=1S/C23H31N5O3/c1-15-17(9-10-21(29)26-11-2-3-12-26)23(31)28-20(24-15)14-18(25-28)19-8-5-13-27(19)22(30)16-6-4-7-16/h14,16,19,25H,2-13H2,1H3/t19-/m1/s1. The topological polar surface area (TPSA) is 90.8 Å². The molecule has 1 N–H and O–H groups in total. The Balaban J connectivity index is 1.38. The van der Waals surface area contributed by atoms with E-state index in [-0.39, 0.29) is 29.3 Å². The Morgan fingerprint density at radius 2 is 1.87 bits per heavy atom. The highest BCUT2D eigenvalue weighted by atomic mass is 16.2. The molecule has 1 atom stereocenters. The molecule has 31 heavy (non-hydrogen) atoms. The molecule has 166 valence electrons. The fourth-order valence-electron chi connectivity index (χ4n) is 5.25. The molecular weight excluding hydrogens is 394 g/mol. The summed E-state index contributed by atoms with van der Waals surface area (Å²) >= 11 is 0. The molecule has 2 aliphatic heterocycles. The van der Waals surface area contributed by atoms with E-state index in [1.807, 2.05) is 22.8 Å². The lowest BCUT2D eigenvalue weighted by Gasteiger charge is -2.32. The lowest BCUT2D eigenvalue weighted by atomic mass is 9.84. The van der Waals surface area contributed by atoms with Crippen molar-refractivity contribution < 1.29 is 9.59 Å². The predicted molar refractivity (Wildman–Crippen MR) is 116 cm³/mol. The number of nitrogens with zero attached hydrogens (tertiary/aromatic N) is 4. The van der Waals surface area contributed by atoms with Gasteiger partial charge in [-0.1, -0.05) is 6.42 Å². The van der Waals surface area contributed by atoms with Gasteiger partial charge in [0.15, 0.2) is 5.65 Å². The van der Waals surface area contributed by atoms with Gasteiger partial charge in [-0.05, 0) is 51.9 Å². The Bertz CT molecular complexity index is 1060. The van der Waals surface area contributed by atoms with Gasteiger partial charge in [-0.15, -0.1) is 0 Å². The first-order valence-corrected chi connectivity index (χ1v) is 11.7. The second kappa shape index (κ2) is 8.13. The number of carbonyl (C=O) groups excluding carboxylic acids is 2. The third kappa shape index (κ3) is 3.66. The number of amides is 2. The van der Waals surface area contributed by atoms with Crippen molar-refractivity contribution in [1.29, 1.82) is 0 Å². The number of hydrogen-bond donors (Lipinski definition) is 1. The van der Waals surface area contributed by atoms with E-state index in [0.29, 0.717) is 29.7 Å². The highest BCUT2D eigenvalue weighted by Gasteiger charge is 2.37. The van der Waals surface area contributed by atoms with Crippen LogP contribution in [0.5, 0.6) is 0 Å². The number of likely N-dealkylation sites (tertiary alicyclic amines) is 2. The first-order valence-electron chi connectivity index (χ1n) is 11.7. The first kappa shape index (κ1) is 20.3. The molecule has 8 nitrogen and oxygen atoms in total. The second-order valence-corrected chi connectivity index (χ2v) is 9.29. The van der Waals surface area contributed by atoms with Crippen molar-refractivity contribution in [2.24, 2.45) is 5.92 Å². The van der Waals surface area contributed by atoms with Gasteiger partial charge in [0, 0.05) is 49.3 Å². The third-order valence-corrected chi connectivity index (χ3v) is 7.33. The third-order valence-electron chi connectivity index (χ3n) is 7.33. The highest BCUT2D eigenvalue weighted by molar-refractivity contribution is 5.80. The molecule has 3 aliphatic rings. The molecule has 2 aromatic rings. The minimum atomic E-state index is -0.141. The molecule has 4 heterocycles. The number of hydrogen-bond acceptors (Lipinski definition) is 4. The molecule has 0 bridgehead atoms. The van der Waals surface area contributed by atoms with Crippen molar-refractivity contribution >= 4 is 17.5 Å². The van der Waals surface area contributed by atoms with E-state index in [9.17, 15) is 14.4 Å². The van der Waals surface area contributed by atoms with Crippen LogP contribution in [0.1, 0.15) is 74.4 Å². The summed E-state index contributed by atoms with van der Waals surface area (Å²) in [4.78, 5) is 47.0. The summed E-state index contributed by atoms with van der Waals surface area (Å²) in [6.45, 7) is 4.27. The maximum absolute atomic E-state index is 13.2. The summed E-state index contributed by atoms with van der Waals surface area (Å²) in [6, 6.07) is 1.89. The van der Waals surface area contributed by atoms with Gasteiger partial charge in [0.25, 0.3) is 5.56 Å². The van der Waals surface area contributed by atoms with E-state index in [1.165, 1.54) is 4.52 Å². The number of aryl methyl sites for hydroxylation is 1. The second-order valence-electron chi connectivity index (χ2n) is 9.29. The molecule has 3 fully saturated rings. The van der Waals surface area contributed by atoms with Crippen LogP contribution in [0, 0.1) is 12.8 Å². The summed E-state index contributed by atoms with van der Waals surface area (Å²) in [6.07, 6.45) is 7.87. The van der Waals surface area contributed by atoms with Gasteiger partial charge in [0.05, 0.1) is 11.7 Å². The molecule has 2 amide bonds. The minimum absolute atomic E-state index is 0.0188. The van der Waals surface area contributed by atoms with E-state index in [0.717, 1.165) is 70.3 Å². The van der Waals surface area contributed by atoms with Crippen LogP contribution < -0.4 is 5.56 Å². The van der Waals surface area contributed by atoms with Crippen molar-refractivity contribution in [3.05, 3.63) is 33.4 Å². The normalized spacial score (nSPS) is 21.8. The molecule has 0 aromatic carbocycles. The van der Waals surface area contributed by atoms with Crippen LogP contribution in [0.3, 0.4) is 0 Å². The molecule has 5 rings (SSSR count). The maximum Gasteiger partial charge on any atom is 0.276 e. The smallest absolute Gasteiger partial charge is 0.276 e. The van der Waals surface area contributed by atoms with Crippen molar-refractivity contribution in [1.82, 2.24) is 24.4 Å². The highest BCUT2D eigenvalue weighted by Crippen LogP contribution is 2.36. The van der Waals surface area contributed by atoms with Crippen molar-refractivity contribution in [3.63, 3.8) is 0 Å². The number of H-pyrrole nitrogens is 1. The zero-order valence-corrected chi connectivity index (χ0v) is 18.2. The van der Waals surface area contributed by atoms with E-state index in [4.69, 9.17) is 0 Å². The van der Waals surface area contributed by atoms with Crippen LogP contribution in [0.2, 0.25) is 0 Å². The first-order chi connectivity index (χ1) is 15.0. The average Bonchev–Trinajstić information content (AvgIpc) is 3.45. The van der Waals surface area contributed by atoms with Crippen LogP contribution >= 0.6 is 0 Å². The number of carbonyl (C=O) groups is 2. The van der Waals surface area contributed by atoms with Crippen LogP contribution in [-0.2, 0) is 16.0 Å². The summed E-state index contributed by atoms with van der Waals surface area (Å²) in [5.41, 5.74) is 2.58. The van der Waals surface area contributed by atoms with Gasteiger partial charge in [-0.25, -0.2) is 9.50 Å². The van der Waals surface area contributed by atoms with Gasteiger partial charge in [0.1, 0.15) is 0 Å². The Morgan fingerprint density at radius 3 is 2.58 bits per heavy atom. The average molecular weight is 426 g/mol. The molecule has 0 radical (unpaired) electrons. The molecule has 1 saturated carbocycles. The van der Waals surface area contributed by atoms with Gasteiger partial charge in [0.2, 0.25) is 11.8 Å². The maximum atomic E-state index is 13.2. The van der Waals surface area contributed by atoms with Crippen LogP contribution in [0.15, 0.2) is 10.9 Å². The van der Waals surface area contributed by atoms with Crippen LogP contribution in [0.25, 0.3) is 5.65 Å². The number of rotatable bonds is 5. The summed E-state index contributed by atoms with van der Waals surface area (Å²) in [5, 5.41) is 3.23. The Labute approximate surface area is 181 Å². The van der Waals surface area contributed by atoms with Crippen molar-refractivity contribution in [2.45, 2.75) is 70.8 Å². The zero-order valence-electron chi connectivity index (χ0n) is 18.2. The molecule has 1 aliphatic carbocycles. The minimum Gasteiger partial charge on any atom is -0.343 e. The molecule has 2 saturated heterocycles. The predicted octanol–water partition coefficient (Wildman–Crippen LogP) is 2.35. The Morgan fingerprint density at radius 1 is 1.10 bits per heavy atom. The molecule has 0 unspecified atom stereocenters. The Kier molecular flexibility index (Phi) is 5.32. The lowest BCUT2D eigenvalue weighted by molar-refractivity contribution is -0.139. The van der Waals surface area contributed by atoms with Crippen LogP contribution in [0.4, 0.5) is 0 Å². The number of fused-ring (bicyclic) bond motifs is 1. The quantitative estimate of drug-likeness (QED) is 0.796. The van der Waals surface area contributed by atoms with E-state index in [2.05, 4.69) is 10.1 Å². The van der Waals surface area contributed by atoms with Crippen molar-refractivity contribution in [3.8, 4) is 0 Å². The number of nitrogens with one attached hydrogen (secondary N) is 1. The summed E-state index contributed by atoms with van der Waals surface area (Å²) in [7, 11) is 0. The van der Waals surface area contributed by atoms with E-state index in [1.54, 1.807) is 0 Å². The summed E-state index contributed by atoms with van der Waals surface area (Å²) < 4.78 is 1.49. The SMILES string of the molecule is Cc1nc2cc([C@H]3CCCN3C(=O)C3CCC3)[nH]n2c(=O)c1CCC(=O)N1CCCC1. The molecule has 2 aromatic heterocycles. The Hall–Kier alpha value is -2.64. The van der Waals surface area contributed by atoms with Gasteiger partial charge >= 0.3 is 0 Å². The monoisotopic (exact) mass is 425 g/mol. The fourth-order valence-corrected chi connectivity index (χ4v) is 5.25. The van der Waals surface area contributed by atoms with Gasteiger partial charge in [-0.3, -0.25) is 19.5 Å². The number of aromatic nitrogens is 3.